The molecule has 1 saturated heterocycles. The highest BCUT2D eigenvalue weighted by molar-refractivity contribution is 7.89. The van der Waals surface area contributed by atoms with Crippen molar-refractivity contribution in [2.24, 2.45) is 5.92 Å². The summed E-state index contributed by atoms with van der Waals surface area (Å²) >= 11 is 0. The third-order valence-corrected chi connectivity index (χ3v) is 7.25. The molecule has 2 aromatic carbocycles. The van der Waals surface area contributed by atoms with Crippen molar-refractivity contribution < 1.29 is 13.2 Å². The summed E-state index contributed by atoms with van der Waals surface area (Å²) in [4.78, 5) is 15.1. The van der Waals surface area contributed by atoms with Gasteiger partial charge in [-0.25, -0.2) is 13.1 Å². The second kappa shape index (κ2) is 10.4. The van der Waals surface area contributed by atoms with E-state index < -0.39 is 10.0 Å². The molecule has 2 aromatic rings. The number of sulfonamides is 1. The Labute approximate surface area is 186 Å². The zero-order valence-electron chi connectivity index (χ0n) is 18.6. The van der Waals surface area contributed by atoms with Crippen LogP contribution in [0.4, 0.5) is 0 Å². The van der Waals surface area contributed by atoms with Gasteiger partial charge in [-0.2, -0.15) is 0 Å². The lowest BCUT2D eigenvalue weighted by Crippen LogP contribution is -2.32. The van der Waals surface area contributed by atoms with Gasteiger partial charge in [-0.15, -0.1) is 0 Å². The van der Waals surface area contributed by atoms with Crippen LogP contribution in [0, 0.1) is 5.92 Å². The predicted octanol–water partition coefficient (Wildman–Crippen LogP) is 3.54. The van der Waals surface area contributed by atoms with Gasteiger partial charge in [0.05, 0.1) is 4.90 Å². The molecule has 1 heterocycles. The zero-order chi connectivity index (χ0) is 22.4. The van der Waals surface area contributed by atoms with Crippen molar-refractivity contribution in [2.75, 3.05) is 13.1 Å². The molecule has 0 unspecified atom stereocenters. The van der Waals surface area contributed by atoms with Gasteiger partial charge in [-0.3, -0.25) is 9.69 Å². The first-order valence-electron chi connectivity index (χ1n) is 10.9. The fourth-order valence-electron chi connectivity index (χ4n) is 3.69. The van der Waals surface area contributed by atoms with Gasteiger partial charge in [0.1, 0.15) is 0 Å². The first kappa shape index (κ1) is 23.4. The Morgan fingerprint density at radius 2 is 1.58 bits per heavy atom. The minimum absolute atomic E-state index is 0.150. The number of piperidine rings is 1. The number of benzene rings is 2. The molecule has 1 aliphatic rings. The molecule has 31 heavy (non-hydrogen) atoms. The van der Waals surface area contributed by atoms with E-state index >= 15 is 0 Å². The number of hydrogen-bond acceptors (Lipinski definition) is 4. The van der Waals surface area contributed by atoms with Gasteiger partial charge in [-0.1, -0.05) is 31.2 Å². The van der Waals surface area contributed by atoms with Crippen LogP contribution in [0.25, 0.3) is 0 Å². The Morgan fingerprint density at radius 1 is 1.00 bits per heavy atom. The van der Waals surface area contributed by atoms with Gasteiger partial charge < -0.3 is 5.32 Å². The molecule has 0 bridgehead atoms. The largest absolute Gasteiger partial charge is 0.348 e. The number of carbonyl (C=O) groups excluding carboxylic acids is 1. The summed E-state index contributed by atoms with van der Waals surface area (Å²) < 4.78 is 26.9. The van der Waals surface area contributed by atoms with Crippen LogP contribution in [-0.4, -0.2) is 38.4 Å². The molecule has 3 rings (SSSR count). The van der Waals surface area contributed by atoms with Gasteiger partial charge in [0.2, 0.25) is 10.0 Å². The lowest BCUT2D eigenvalue weighted by atomic mass is 9.99. The first-order chi connectivity index (χ1) is 14.7. The van der Waals surface area contributed by atoms with Crippen LogP contribution in [0.2, 0.25) is 0 Å². The van der Waals surface area contributed by atoms with Crippen LogP contribution in [0.15, 0.2) is 53.4 Å². The van der Waals surface area contributed by atoms with E-state index in [4.69, 9.17) is 0 Å². The lowest BCUT2D eigenvalue weighted by molar-refractivity contribution is 0.0951. The first-order valence-corrected chi connectivity index (χ1v) is 12.4. The highest BCUT2D eigenvalue weighted by Gasteiger charge is 2.17. The maximum atomic E-state index is 12.4. The van der Waals surface area contributed by atoms with Crippen LogP contribution in [-0.2, 0) is 23.1 Å². The predicted molar refractivity (Wildman–Crippen MR) is 123 cm³/mol. The SMILES string of the molecule is CC1CCN(Cc2ccc(CNC(=O)c3ccc(S(=O)(=O)NC(C)C)cc3)cc2)CC1. The van der Waals surface area contributed by atoms with Crippen LogP contribution in [0.3, 0.4) is 0 Å². The second-order valence-electron chi connectivity index (χ2n) is 8.76. The molecule has 2 N–H and O–H groups in total. The third-order valence-electron chi connectivity index (χ3n) is 5.58. The fourth-order valence-corrected chi connectivity index (χ4v) is 4.94. The minimum atomic E-state index is -3.56. The molecule has 0 spiro atoms. The van der Waals surface area contributed by atoms with E-state index in [1.807, 2.05) is 0 Å². The quantitative estimate of drug-likeness (QED) is 0.654. The monoisotopic (exact) mass is 443 g/mol. The number of hydrogen-bond donors (Lipinski definition) is 2. The summed E-state index contributed by atoms with van der Waals surface area (Å²) in [5, 5.41) is 2.90. The van der Waals surface area contributed by atoms with Crippen molar-refractivity contribution in [2.45, 2.75) is 57.6 Å². The van der Waals surface area contributed by atoms with E-state index in [0.717, 1.165) is 31.1 Å². The Morgan fingerprint density at radius 3 is 2.16 bits per heavy atom. The summed E-state index contributed by atoms with van der Waals surface area (Å²) in [5.41, 5.74) is 2.75. The van der Waals surface area contributed by atoms with Gasteiger partial charge in [0, 0.05) is 24.7 Å². The molecule has 1 amide bonds. The molecule has 6 nitrogen and oxygen atoms in total. The number of nitrogens with one attached hydrogen (secondary N) is 2. The van der Waals surface area contributed by atoms with E-state index in [1.54, 1.807) is 13.8 Å². The maximum absolute atomic E-state index is 12.4. The third kappa shape index (κ3) is 6.89. The maximum Gasteiger partial charge on any atom is 0.251 e. The summed E-state index contributed by atoms with van der Waals surface area (Å²) in [6, 6.07) is 14.1. The second-order valence-corrected chi connectivity index (χ2v) is 10.5. The Hall–Kier alpha value is -2.22. The number of amides is 1. The average Bonchev–Trinajstić information content (AvgIpc) is 2.74. The lowest BCUT2D eigenvalue weighted by Gasteiger charge is -2.30. The summed E-state index contributed by atoms with van der Waals surface area (Å²) in [6.07, 6.45) is 2.54. The van der Waals surface area contributed by atoms with Crippen molar-refractivity contribution in [3.8, 4) is 0 Å². The van der Waals surface area contributed by atoms with Gasteiger partial charge >= 0.3 is 0 Å². The van der Waals surface area contributed by atoms with Gasteiger partial charge in [0.25, 0.3) is 5.91 Å². The average molecular weight is 444 g/mol. The molecule has 0 aliphatic carbocycles. The van der Waals surface area contributed by atoms with Gasteiger partial charge in [-0.05, 0) is 81.1 Å². The Kier molecular flexibility index (Phi) is 7.86. The van der Waals surface area contributed by atoms with Crippen molar-refractivity contribution in [3.05, 3.63) is 65.2 Å². The summed E-state index contributed by atoms with van der Waals surface area (Å²) in [6.45, 7) is 9.57. The van der Waals surface area contributed by atoms with E-state index in [0.29, 0.717) is 12.1 Å². The van der Waals surface area contributed by atoms with Crippen LogP contribution >= 0.6 is 0 Å². The van der Waals surface area contributed by atoms with E-state index in [2.05, 4.69) is 46.1 Å². The van der Waals surface area contributed by atoms with E-state index in [1.165, 1.54) is 42.7 Å². The summed E-state index contributed by atoms with van der Waals surface area (Å²) in [5.74, 6) is 0.604. The van der Waals surface area contributed by atoms with Crippen molar-refractivity contribution in [1.29, 1.82) is 0 Å². The number of carbonyl (C=O) groups is 1. The Bertz CT molecular complexity index is 962. The number of rotatable bonds is 8. The molecule has 0 radical (unpaired) electrons. The molecule has 0 aromatic heterocycles. The standard InChI is InChI=1S/C24H33N3O3S/c1-18(2)26-31(29,30)23-10-8-22(9-11-23)24(28)25-16-20-4-6-21(7-5-20)17-27-14-12-19(3)13-15-27/h4-11,18-19,26H,12-17H2,1-3H3,(H,25,28). The number of nitrogens with zero attached hydrogens (tertiary/aromatic N) is 1. The van der Waals surface area contributed by atoms with Crippen LogP contribution < -0.4 is 10.0 Å². The molecular formula is C24H33N3O3S. The topological polar surface area (TPSA) is 78.5 Å². The van der Waals surface area contributed by atoms with Crippen molar-refractivity contribution in [3.63, 3.8) is 0 Å². The minimum Gasteiger partial charge on any atom is -0.348 e. The van der Waals surface area contributed by atoms with Crippen molar-refractivity contribution >= 4 is 15.9 Å². The molecule has 1 fully saturated rings. The zero-order valence-corrected chi connectivity index (χ0v) is 19.4. The van der Waals surface area contributed by atoms with Crippen LogP contribution in [0.5, 0.6) is 0 Å². The molecule has 0 atom stereocenters. The summed E-state index contributed by atoms with van der Waals surface area (Å²) in [7, 11) is -3.56. The highest BCUT2D eigenvalue weighted by Crippen LogP contribution is 2.18. The number of likely N-dealkylation sites (tertiary alicyclic amines) is 1. The normalized spacial score (nSPS) is 15.9. The molecular weight excluding hydrogens is 410 g/mol. The Balaban J connectivity index is 1.51. The smallest absolute Gasteiger partial charge is 0.251 e. The van der Waals surface area contributed by atoms with Crippen molar-refractivity contribution in [1.82, 2.24) is 14.9 Å². The fraction of sp³-hybridized carbons (Fsp3) is 0.458. The molecule has 0 saturated carbocycles. The van der Waals surface area contributed by atoms with Gasteiger partial charge in [0.15, 0.2) is 0 Å². The molecule has 1 aliphatic heterocycles. The van der Waals surface area contributed by atoms with Crippen LogP contribution in [0.1, 0.15) is 55.1 Å². The molecule has 7 heteroatoms. The highest BCUT2D eigenvalue weighted by atomic mass is 32.2. The van der Waals surface area contributed by atoms with E-state index in [9.17, 15) is 13.2 Å². The van der Waals surface area contributed by atoms with E-state index in [-0.39, 0.29) is 16.8 Å². The molecule has 168 valence electrons.